The second-order valence-electron chi connectivity index (χ2n) is 7.71. The molecule has 2 aromatic rings. The van der Waals surface area contributed by atoms with Crippen molar-refractivity contribution in [1.82, 2.24) is 0 Å². The molecule has 0 aromatic heterocycles. The molecule has 1 unspecified atom stereocenters. The van der Waals surface area contributed by atoms with Gasteiger partial charge in [0.15, 0.2) is 5.78 Å². The topological polar surface area (TPSA) is 37.4 Å². The summed E-state index contributed by atoms with van der Waals surface area (Å²) in [5, 5.41) is 0. The molecule has 1 aliphatic heterocycles. The van der Waals surface area contributed by atoms with Crippen molar-refractivity contribution in [3.63, 3.8) is 0 Å². The summed E-state index contributed by atoms with van der Waals surface area (Å²) in [5.41, 5.74) is 4.03. The van der Waals surface area contributed by atoms with Crippen molar-refractivity contribution >= 4 is 17.4 Å². The minimum atomic E-state index is -0.317. The van der Waals surface area contributed by atoms with Crippen LogP contribution in [0.25, 0.3) is 0 Å². The zero-order chi connectivity index (χ0) is 18.4. The number of nitrogens with zero attached hydrogens (tertiary/aromatic N) is 1. The molecule has 3 heteroatoms. The quantitative estimate of drug-likeness (QED) is 0.713. The van der Waals surface area contributed by atoms with Gasteiger partial charge in [0.1, 0.15) is 0 Å². The lowest BCUT2D eigenvalue weighted by Crippen LogP contribution is -2.51. The summed E-state index contributed by atoms with van der Waals surface area (Å²) in [6.07, 6.45) is 0.886. The zero-order valence-corrected chi connectivity index (χ0v) is 15.6. The van der Waals surface area contributed by atoms with Crippen LogP contribution in [0.4, 0.5) is 5.69 Å². The van der Waals surface area contributed by atoms with Gasteiger partial charge in [0, 0.05) is 22.4 Å². The van der Waals surface area contributed by atoms with E-state index in [0.29, 0.717) is 17.0 Å². The highest BCUT2D eigenvalue weighted by atomic mass is 16.2. The maximum atomic E-state index is 13.3. The van der Waals surface area contributed by atoms with Crippen LogP contribution < -0.4 is 4.90 Å². The first kappa shape index (κ1) is 17.4. The molecular weight excluding hydrogens is 310 g/mol. The number of aryl methyl sites for hydroxylation is 1. The fourth-order valence-corrected chi connectivity index (χ4v) is 4.06. The van der Waals surface area contributed by atoms with Gasteiger partial charge in [-0.05, 0) is 69.4 Å². The number of fused-ring (bicyclic) bond motifs is 1. The molecule has 0 spiro atoms. The van der Waals surface area contributed by atoms with E-state index < -0.39 is 0 Å². The molecule has 3 nitrogen and oxygen atoms in total. The summed E-state index contributed by atoms with van der Waals surface area (Å²) in [6, 6.07) is 13.3. The number of rotatable bonds is 2. The predicted octanol–water partition coefficient (Wildman–Crippen LogP) is 5.13. The second-order valence-corrected chi connectivity index (χ2v) is 7.71. The molecule has 130 valence electrons. The van der Waals surface area contributed by atoms with Crippen molar-refractivity contribution < 1.29 is 9.59 Å². The van der Waals surface area contributed by atoms with Gasteiger partial charge in [0.25, 0.3) is 5.91 Å². The number of benzene rings is 2. The first-order chi connectivity index (χ1) is 11.7. The number of carbonyl (C=O) groups is 2. The fraction of sp³-hybridized carbons (Fsp3) is 0.364. The third kappa shape index (κ3) is 2.99. The molecule has 0 N–H and O–H groups in total. The van der Waals surface area contributed by atoms with Crippen molar-refractivity contribution in [3.05, 3.63) is 64.7 Å². The highest BCUT2D eigenvalue weighted by Crippen LogP contribution is 2.45. The van der Waals surface area contributed by atoms with Crippen LogP contribution in [0.2, 0.25) is 0 Å². The number of ketones is 1. The summed E-state index contributed by atoms with van der Waals surface area (Å²) in [6.45, 7) is 9.93. The maximum absolute atomic E-state index is 13.3. The standard InChI is InChI=1S/C22H25NO2/c1-14-11-19-15(2)13-22(4,5)23(20(19)12-18(14)16(3)24)21(25)17-9-7-6-8-10-17/h6-12,15H,13H2,1-5H3. The van der Waals surface area contributed by atoms with E-state index in [-0.39, 0.29) is 17.2 Å². The maximum Gasteiger partial charge on any atom is 0.258 e. The van der Waals surface area contributed by atoms with E-state index >= 15 is 0 Å². The summed E-state index contributed by atoms with van der Waals surface area (Å²) in [5.74, 6) is 0.352. The molecule has 0 fully saturated rings. The Morgan fingerprint density at radius 2 is 1.76 bits per heavy atom. The van der Waals surface area contributed by atoms with Gasteiger partial charge in [0.05, 0.1) is 0 Å². The summed E-state index contributed by atoms with van der Waals surface area (Å²) >= 11 is 0. The molecule has 2 aromatic carbocycles. The van der Waals surface area contributed by atoms with Crippen LogP contribution in [-0.2, 0) is 0 Å². The molecule has 3 rings (SSSR count). The van der Waals surface area contributed by atoms with Crippen LogP contribution in [0.5, 0.6) is 0 Å². The number of anilines is 1. The Morgan fingerprint density at radius 3 is 2.36 bits per heavy atom. The number of amides is 1. The first-order valence-electron chi connectivity index (χ1n) is 8.77. The van der Waals surface area contributed by atoms with Gasteiger partial charge in [-0.15, -0.1) is 0 Å². The Balaban J connectivity index is 2.21. The Bertz CT molecular complexity index is 837. The lowest BCUT2D eigenvalue weighted by atomic mass is 9.78. The Hall–Kier alpha value is -2.42. The van der Waals surface area contributed by atoms with Crippen molar-refractivity contribution in [2.75, 3.05) is 4.90 Å². The molecule has 1 amide bonds. The van der Waals surface area contributed by atoms with Gasteiger partial charge in [-0.3, -0.25) is 9.59 Å². The third-order valence-electron chi connectivity index (χ3n) is 5.16. The van der Waals surface area contributed by atoms with E-state index in [2.05, 4.69) is 26.8 Å². The van der Waals surface area contributed by atoms with E-state index in [0.717, 1.165) is 23.2 Å². The van der Waals surface area contributed by atoms with Crippen molar-refractivity contribution in [2.24, 2.45) is 0 Å². The second kappa shape index (κ2) is 6.14. The van der Waals surface area contributed by atoms with Gasteiger partial charge >= 0.3 is 0 Å². The van der Waals surface area contributed by atoms with E-state index in [1.54, 1.807) is 6.92 Å². The smallest absolute Gasteiger partial charge is 0.258 e. The van der Waals surface area contributed by atoms with E-state index in [1.807, 2.05) is 48.2 Å². The number of hydrogen-bond donors (Lipinski definition) is 0. The monoisotopic (exact) mass is 335 g/mol. The molecule has 0 aliphatic carbocycles. The lowest BCUT2D eigenvalue weighted by Gasteiger charge is -2.46. The molecule has 25 heavy (non-hydrogen) atoms. The van der Waals surface area contributed by atoms with E-state index in [1.165, 1.54) is 0 Å². The van der Waals surface area contributed by atoms with Crippen LogP contribution in [-0.4, -0.2) is 17.2 Å². The van der Waals surface area contributed by atoms with Gasteiger partial charge in [-0.1, -0.05) is 31.2 Å². The fourth-order valence-electron chi connectivity index (χ4n) is 4.06. The zero-order valence-electron chi connectivity index (χ0n) is 15.6. The molecular formula is C22H25NO2. The predicted molar refractivity (Wildman–Crippen MR) is 102 cm³/mol. The Morgan fingerprint density at radius 1 is 1.12 bits per heavy atom. The summed E-state index contributed by atoms with van der Waals surface area (Å²) < 4.78 is 0. The molecule has 1 aliphatic rings. The minimum absolute atomic E-state index is 0.0166. The normalized spacial score (nSPS) is 18.6. The average Bonchev–Trinajstić information content (AvgIpc) is 2.54. The molecule has 1 heterocycles. The molecule has 0 bridgehead atoms. The van der Waals surface area contributed by atoms with Crippen LogP contribution in [0.1, 0.15) is 71.9 Å². The van der Waals surface area contributed by atoms with E-state index in [4.69, 9.17) is 0 Å². The SMILES string of the molecule is CC(=O)c1cc2c(cc1C)C(C)CC(C)(C)N2C(=O)c1ccccc1. The van der Waals surface area contributed by atoms with Crippen LogP contribution in [0.15, 0.2) is 42.5 Å². The van der Waals surface area contributed by atoms with Crippen molar-refractivity contribution in [3.8, 4) is 0 Å². The van der Waals surface area contributed by atoms with E-state index in [9.17, 15) is 9.59 Å². The Labute approximate surface area is 149 Å². The van der Waals surface area contributed by atoms with Gasteiger partial charge in [-0.25, -0.2) is 0 Å². The summed E-state index contributed by atoms with van der Waals surface area (Å²) in [4.78, 5) is 27.2. The first-order valence-corrected chi connectivity index (χ1v) is 8.77. The average molecular weight is 335 g/mol. The van der Waals surface area contributed by atoms with Crippen LogP contribution >= 0.6 is 0 Å². The lowest BCUT2D eigenvalue weighted by molar-refractivity contribution is 0.0951. The van der Waals surface area contributed by atoms with Gasteiger partial charge in [-0.2, -0.15) is 0 Å². The Kier molecular flexibility index (Phi) is 4.28. The van der Waals surface area contributed by atoms with Crippen LogP contribution in [0, 0.1) is 6.92 Å². The molecule has 1 atom stereocenters. The highest BCUT2D eigenvalue weighted by molar-refractivity contribution is 6.08. The van der Waals surface area contributed by atoms with Crippen molar-refractivity contribution in [2.45, 2.75) is 52.5 Å². The molecule has 0 saturated carbocycles. The van der Waals surface area contributed by atoms with Crippen LogP contribution in [0.3, 0.4) is 0 Å². The largest absolute Gasteiger partial charge is 0.302 e. The number of carbonyl (C=O) groups excluding carboxylic acids is 2. The number of Topliss-reactive ketones (excluding diaryl/α,β-unsaturated/α-hetero) is 1. The minimum Gasteiger partial charge on any atom is -0.302 e. The van der Waals surface area contributed by atoms with Crippen molar-refractivity contribution in [1.29, 1.82) is 0 Å². The van der Waals surface area contributed by atoms with Gasteiger partial charge in [0.2, 0.25) is 0 Å². The number of hydrogen-bond acceptors (Lipinski definition) is 2. The third-order valence-corrected chi connectivity index (χ3v) is 5.16. The van der Waals surface area contributed by atoms with Gasteiger partial charge < -0.3 is 4.90 Å². The molecule has 0 saturated heterocycles. The molecule has 0 radical (unpaired) electrons. The summed E-state index contributed by atoms with van der Waals surface area (Å²) in [7, 11) is 0. The highest BCUT2D eigenvalue weighted by Gasteiger charge is 2.40.